The standard InChI is InChI=1S/C17H21N3O3/c1-11-3-4-13(7-12(11)2)14-8-15(20-19-14)16(22)18-17(9-21)5-6-23-10-17/h3-4,7-8,21H,5-6,9-10H2,1-2H3,(H,18,22)(H,19,20)/t17-/m0/s1. The van der Waals surface area contributed by atoms with Crippen LogP contribution >= 0.6 is 0 Å². The number of benzene rings is 1. The minimum Gasteiger partial charge on any atom is -0.394 e. The molecule has 2 heterocycles. The highest BCUT2D eigenvalue weighted by atomic mass is 16.5. The van der Waals surface area contributed by atoms with Gasteiger partial charge < -0.3 is 15.2 Å². The maximum atomic E-state index is 12.4. The van der Waals surface area contributed by atoms with Crippen molar-refractivity contribution in [3.8, 4) is 11.3 Å². The molecule has 6 heteroatoms. The number of aryl methyl sites for hydroxylation is 2. The van der Waals surface area contributed by atoms with Crippen molar-refractivity contribution in [3.05, 3.63) is 41.1 Å². The second-order valence-electron chi connectivity index (χ2n) is 6.16. The predicted octanol–water partition coefficient (Wildman–Crippen LogP) is 1.57. The van der Waals surface area contributed by atoms with Gasteiger partial charge in [0.1, 0.15) is 5.69 Å². The Hall–Kier alpha value is -2.18. The molecular weight excluding hydrogens is 294 g/mol. The molecule has 1 aromatic carbocycles. The summed E-state index contributed by atoms with van der Waals surface area (Å²) < 4.78 is 5.29. The lowest BCUT2D eigenvalue weighted by molar-refractivity contribution is 0.0785. The summed E-state index contributed by atoms with van der Waals surface area (Å²) in [5, 5.41) is 19.4. The van der Waals surface area contributed by atoms with E-state index in [0.29, 0.717) is 25.3 Å². The van der Waals surface area contributed by atoms with Crippen molar-refractivity contribution >= 4 is 5.91 Å². The third kappa shape index (κ3) is 3.13. The quantitative estimate of drug-likeness (QED) is 0.799. The number of ether oxygens (including phenoxy) is 1. The minimum absolute atomic E-state index is 0.142. The van der Waals surface area contributed by atoms with Crippen molar-refractivity contribution in [2.75, 3.05) is 19.8 Å². The molecule has 1 aliphatic heterocycles. The number of H-pyrrole nitrogens is 1. The molecule has 0 aliphatic carbocycles. The Bertz CT molecular complexity index is 718. The molecule has 2 aromatic rings. The van der Waals surface area contributed by atoms with Crippen molar-refractivity contribution in [1.29, 1.82) is 0 Å². The second kappa shape index (κ2) is 6.14. The summed E-state index contributed by atoms with van der Waals surface area (Å²) in [5.74, 6) is -0.285. The van der Waals surface area contributed by atoms with Crippen LogP contribution in [-0.2, 0) is 4.74 Å². The zero-order valence-corrected chi connectivity index (χ0v) is 13.3. The van der Waals surface area contributed by atoms with Gasteiger partial charge in [-0.15, -0.1) is 0 Å². The zero-order valence-electron chi connectivity index (χ0n) is 13.3. The first-order valence-corrected chi connectivity index (χ1v) is 7.67. The van der Waals surface area contributed by atoms with Crippen LogP contribution in [0.2, 0.25) is 0 Å². The van der Waals surface area contributed by atoms with Crippen LogP contribution in [-0.4, -0.2) is 46.6 Å². The van der Waals surface area contributed by atoms with Gasteiger partial charge in [-0.1, -0.05) is 12.1 Å². The van der Waals surface area contributed by atoms with E-state index in [0.717, 1.165) is 11.3 Å². The third-order valence-corrected chi connectivity index (χ3v) is 4.41. The molecular formula is C17H21N3O3. The fourth-order valence-corrected chi connectivity index (χ4v) is 2.66. The molecule has 122 valence electrons. The monoisotopic (exact) mass is 315 g/mol. The van der Waals surface area contributed by atoms with E-state index in [9.17, 15) is 9.90 Å². The van der Waals surface area contributed by atoms with E-state index in [2.05, 4.69) is 22.4 Å². The zero-order chi connectivity index (χ0) is 16.4. The van der Waals surface area contributed by atoms with Gasteiger partial charge in [-0.05, 0) is 43.5 Å². The fourth-order valence-electron chi connectivity index (χ4n) is 2.66. The molecule has 0 bridgehead atoms. The maximum absolute atomic E-state index is 12.4. The molecule has 0 unspecified atom stereocenters. The highest BCUT2D eigenvalue weighted by Gasteiger charge is 2.36. The number of aromatic amines is 1. The number of aliphatic hydroxyl groups is 1. The smallest absolute Gasteiger partial charge is 0.269 e. The molecule has 0 radical (unpaired) electrons. The largest absolute Gasteiger partial charge is 0.394 e. The summed E-state index contributed by atoms with van der Waals surface area (Å²) in [6.45, 7) is 4.83. The van der Waals surface area contributed by atoms with E-state index >= 15 is 0 Å². The number of rotatable bonds is 4. The van der Waals surface area contributed by atoms with E-state index < -0.39 is 5.54 Å². The lowest BCUT2D eigenvalue weighted by Gasteiger charge is -2.25. The van der Waals surface area contributed by atoms with Gasteiger partial charge in [0.2, 0.25) is 0 Å². The molecule has 6 nitrogen and oxygen atoms in total. The SMILES string of the molecule is Cc1ccc(-c2cc(C(=O)N[C@]3(CO)CCOC3)[nH]n2)cc1C. The molecule has 0 spiro atoms. The van der Waals surface area contributed by atoms with Gasteiger partial charge in [-0.25, -0.2) is 0 Å². The number of aliphatic hydroxyl groups excluding tert-OH is 1. The maximum Gasteiger partial charge on any atom is 0.269 e. The van der Waals surface area contributed by atoms with Crippen LogP contribution in [0.3, 0.4) is 0 Å². The molecule has 1 fully saturated rings. The van der Waals surface area contributed by atoms with Crippen LogP contribution in [0.4, 0.5) is 0 Å². The molecule has 3 N–H and O–H groups in total. The summed E-state index contributed by atoms with van der Waals surface area (Å²) in [6, 6.07) is 7.80. The Labute approximate surface area is 134 Å². The molecule has 1 saturated heterocycles. The van der Waals surface area contributed by atoms with E-state index in [1.165, 1.54) is 11.1 Å². The normalized spacial score (nSPS) is 20.7. The lowest BCUT2D eigenvalue weighted by atomic mass is 10.00. The number of carbonyl (C=O) groups excluding carboxylic acids is 1. The van der Waals surface area contributed by atoms with Gasteiger partial charge in [0.15, 0.2) is 0 Å². The average Bonchev–Trinajstić information content (AvgIpc) is 3.20. The van der Waals surface area contributed by atoms with Crippen LogP contribution in [0, 0.1) is 13.8 Å². The van der Waals surface area contributed by atoms with Gasteiger partial charge >= 0.3 is 0 Å². The van der Waals surface area contributed by atoms with E-state index in [4.69, 9.17) is 4.74 Å². The van der Waals surface area contributed by atoms with Gasteiger partial charge in [-0.3, -0.25) is 9.89 Å². The summed E-state index contributed by atoms with van der Waals surface area (Å²) in [6.07, 6.45) is 0.605. The third-order valence-electron chi connectivity index (χ3n) is 4.41. The Morgan fingerprint density at radius 3 is 2.87 bits per heavy atom. The highest BCUT2D eigenvalue weighted by Crippen LogP contribution is 2.22. The Balaban J connectivity index is 1.78. The molecule has 1 amide bonds. The summed E-state index contributed by atoms with van der Waals surface area (Å²) in [7, 11) is 0. The van der Waals surface area contributed by atoms with Crippen molar-refractivity contribution in [1.82, 2.24) is 15.5 Å². The van der Waals surface area contributed by atoms with Crippen LogP contribution < -0.4 is 5.32 Å². The Morgan fingerprint density at radius 1 is 1.39 bits per heavy atom. The number of hydrogen-bond acceptors (Lipinski definition) is 4. The van der Waals surface area contributed by atoms with E-state index in [1.807, 2.05) is 25.1 Å². The van der Waals surface area contributed by atoms with Gasteiger partial charge in [0.25, 0.3) is 5.91 Å². The Morgan fingerprint density at radius 2 is 2.22 bits per heavy atom. The van der Waals surface area contributed by atoms with E-state index in [1.54, 1.807) is 6.07 Å². The number of amides is 1. The number of hydrogen-bond donors (Lipinski definition) is 3. The number of aromatic nitrogens is 2. The first kappa shape index (κ1) is 15.7. The van der Waals surface area contributed by atoms with Crippen LogP contribution in [0.25, 0.3) is 11.3 Å². The van der Waals surface area contributed by atoms with Crippen molar-refractivity contribution in [3.63, 3.8) is 0 Å². The summed E-state index contributed by atoms with van der Waals surface area (Å²) >= 11 is 0. The van der Waals surface area contributed by atoms with Crippen molar-refractivity contribution in [2.24, 2.45) is 0 Å². The molecule has 23 heavy (non-hydrogen) atoms. The predicted molar refractivity (Wildman–Crippen MR) is 86.2 cm³/mol. The molecule has 0 saturated carbocycles. The lowest BCUT2D eigenvalue weighted by Crippen LogP contribution is -2.52. The highest BCUT2D eigenvalue weighted by molar-refractivity contribution is 5.94. The number of carbonyl (C=O) groups is 1. The molecule has 1 aromatic heterocycles. The number of nitrogens with one attached hydrogen (secondary N) is 2. The Kier molecular flexibility index (Phi) is 4.19. The first-order valence-electron chi connectivity index (χ1n) is 7.67. The van der Waals surface area contributed by atoms with E-state index in [-0.39, 0.29) is 12.5 Å². The fraction of sp³-hybridized carbons (Fsp3) is 0.412. The first-order chi connectivity index (χ1) is 11.0. The average molecular weight is 315 g/mol. The van der Waals surface area contributed by atoms with Crippen LogP contribution in [0.1, 0.15) is 28.0 Å². The van der Waals surface area contributed by atoms with Gasteiger partial charge in [0, 0.05) is 12.2 Å². The summed E-state index contributed by atoms with van der Waals surface area (Å²) in [4.78, 5) is 12.4. The van der Waals surface area contributed by atoms with Crippen molar-refractivity contribution < 1.29 is 14.6 Å². The number of nitrogens with zero attached hydrogens (tertiary/aromatic N) is 1. The van der Waals surface area contributed by atoms with Gasteiger partial charge in [-0.2, -0.15) is 5.10 Å². The topological polar surface area (TPSA) is 87.2 Å². The summed E-state index contributed by atoms with van der Waals surface area (Å²) in [5.41, 5.74) is 3.76. The minimum atomic E-state index is -0.692. The van der Waals surface area contributed by atoms with Crippen molar-refractivity contribution in [2.45, 2.75) is 25.8 Å². The molecule has 1 aliphatic rings. The van der Waals surface area contributed by atoms with Gasteiger partial charge in [0.05, 0.1) is 24.4 Å². The van der Waals surface area contributed by atoms with Crippen LogP contribution in [0.5, 0.6) is 0 Å². The van der Waals surface area contributed by atoms with Crippen LogP contribution in [0.15, 0.2) is 24.3 Å². The second-order valence-corrected chi connectivity index (χ2v) is 6.16. The molecule has 3 rings (SSSR count). The molecule has 1 atom stereocenters.